The normalized spacial score (nSPS) is 29.5. The van der Waals surface area contributed by atoms with Crippen molar-refractivity contribution in [3.63, 3.8) is 0 Å². The lowest BCUT2D eigenvalue weighted by Crippen LogP contribution is -2.51. The minimum Gasteiger partial charge on any atom is -0.394 e. The van der Waals surface area contributed by atoms with Crippen molar-refractivity contribution >= 4 is 0 Å². The molecular weight excluding hydrogens is 214 g/mol. The molecule has 1 heterocycles. The predicted molar refractivity (Wildman–Crippen MR) is 67.6 cm³/mol. The lowest BCUT2D eigenvalue weighted by atomic mass is 9.77. The van der Waals surface area contributed by atoms with Crippen molar-refractivity contribution in [2.75, 3.05) is 6.61 Å². The fraction of sp³-hybridized carbons (Fsp3) is 0.769. The third-order valence-corrected chi connectivity index (χ3v) is 3.96. The molecule has 0 spiro atoms. The van der Waals surface area contributed by atoms with Crippen LogP contribution in [0.2, 0.25) is 0 Å². The molecule has 1 fully saturated rings. The van der Waals surface area contributed by atoms with Gasteiger partial charge in [0.25, 0.3) is 0 Å². The zero-order valence-corrected chi connectivity index (χ0v) is 10.8. The highest BCUT2D eigenvalue weighted by Crippen LogP contribution is 2.32. The number of nitrogens with zero attached hydrogens (tertiary/aromatic N) is 1. The number of nitrogens with one attached hydrogen (secondary N) is 2. The summed E-state index contributed by atoms with van der Waals surface area (Å²) < 4.78 is 0. The van der Waals surface area contributed by atoms with E-state index in [0.29, 0.717) is 5.92 Å². The second kappa shape index (κ2) is 5.19. The lowest BCUT2D eigenvalue weighted by Gasteiger charge is -2.39. The number of hydrogen-bond acceptors (Lipinski definition) is 3. The van der Waals surface area contributed by atoms with Gasteiger partial charge >= 0.3 is 0 Å². The van der Waals surface area contributed by atoms with Gasteiger partial charge in [-0.25, -0.2) is 4.98 Å². The molecule has 1 aromatic heterocycles. The number of aliphatic hydroxyl groups excluding tert-OH is 1. The van der Waals surface area contributed by atoms with Gasteiger partial charge in [-0.2, -0.15) is 0 Å². The summed E-state index contributed by atoms with van der Waals surface area (Å²) >= 11 is 0. The highest BCUT2D eigenvalue weighted by atomic mass is 16.3. The summed E-state index contributed by atoms with van der Waals surface area (Å²) in [5.74, 6) is 0.698. The van der Waals surface area contributed by atoms with Crippen molar-refractivity contribution in [2.24, 2.45) is 5.92 Å². The first-order valence-electron chi connectivity index (χ1n) is 6.50. The van der Waals surface area contributed by atoms with Gasteiger partial charge in [0, 0.05) is 17.8 Å². The molecule has 1 aliphatic carbocycles. The first kappa shape index (κ1) is 12.6. The smallest absolute Gasteiger partial charge is 0.0925 e. The Morgan fingerprint density at radius 3 is 3.06 bits per heavy atom. The Hall–Kier alpha value is -0.870. The molecule has 2 rings (SSSR count). The van der Waals surface area contributed by atoms with Crippen LogP contribution in [0.3, 0.4) is 0 Å². The average molecular weight is 237 g/mol. The van der Waals surface area contributed by atoms with E-state index in [4.69, 9.17) is 0 Å². The van der Waals surface area contributed by atoms with E-state index < -0.39 is 0 Å². The maximum absolute atomic E-state index is 9.67. The van der Waals surface area contributed by atoms with Gasteiger partial charge in [0.05, 0.1) is 18.6 Å². The molecule has 96 valence electrons. The van der Waals surface area contributed by atoms with Crippen molar-refractivity contribution in [1.29, 1.82) is 0 Å². The molecule has 0 aliphatic heterocycles. The maximum atomic E-state index is 9.67. The molecule has 0 amide bonds. The number of aromatic nitrogens is 2. The number of aliphatic hydroxyl groups is 1. The van der Waals surface area contributed by atoms with Crippen LogP contribution in [0, 0.1) is 12.8 Å². The Balaban J connectivity index is 1.97. The molecule has 2 unspecified atom stereocenters. The molecule has 4 nitrogen and oxygen atoms in total. The van der Waals surface area contributed by atoms with E-state index in [-0.39, 0.29) is 12.1 Å². The standard InChI is InChI=1S/C13H23N3O/c1-10-4-3-5-13(6-10,8-17)16-7-12-11(2)14-9-15-12/h9-10,16-17H,3-8H2,1-2H3,(H,14,15). The topological polar surface area (TPSA) is 60.9 Å². The molecule has 4 heteroatoms. The summed E-state index contributed by atoms with van der Waals surface area (Å²) in [5, 5.41) is 13.2. The highest BCUT2D eigenvalue weighted by Gasteiger charge is 2.33. The largest absolute Gasteiger partial charge is 0.394 e. The Bertz CT molecular complexity index is 363. The SMILES string of the molecule is Cc1[nH]cnc1CNC1(CO)CCCC(C)C1. The molecular formula is C13H23N3O. The molecule has 0 aromatic carbocycles. The van der Waals surface area contributed by atoms with Crippen molar-refractivity contribution < 1.29 is 5.11 Å². The van der Waals surface area contributed by atoms with E-state index in [2.05, 4.69) is 22.2 Å². The van der Waals surface area contributed by atoms with E-state index in [1.54, 1.807) is 6.33 Å². The van der Waals surface area contributed by atoms with Gasteiger partial charge in [-0.1, -0.05) is 19.8 Å². The summed E-state index contributed by atoms with van der Waals surface area (Å²) in [7, 11) is 0. The fourth-order valence-corrected chi connectivity index (χ4v) is 2.86. The molecule has 0 radical (unpaired) electrons. The van der Waals surface area contributed by atoms with Crippen LogP contribution in [0.4, 0.5) is 0 Å². The van der Waals surface area contributed by atoms with Crippen molar-refractivity contribution in [3.05, 3.63) is 17.7 Å². The molecule has 1 saturated carbocycles. The quantitative estimate of drug-likeness (QED) is 0.747. The van der Waals surface area contributed by atoms with Crippen LogP contribution < -0.4 is 5.32 Å². The summed E-state index contributed by atoms with van der Waals surface area (Å²) in [5.41, 5.74) is 2.06. The maximum Gasteiger partial charge on any atom is 0.0925 e. The van der Waals surface area contributed by atoms with Gasteiger partial charge in [0.2, 0.25) is 0 Å². The van der Waals surface area contributed by atoms with Crippen molar-refractivity contribution in [3.8, 4) is 0 Å². The zero-order chi connectivity index (χ0) is 12.3. The molecule has 3 N–H and O–H groups in total. The van der Waals surface area contributed by atoms with E-state index in [1.807, 2.05) is 6.92 Å². The minimum absolute atomic E-state index is 0.0942. The first-order chi connectivity index (χ1) is 8.15. The van der Waals surface area contributed by atoms with E-state index in [1.165, 1.54) is 12.8 Å². The van der Waals surface area contributed by atoms with Gasteiger partial charge < -0.3 is 15.4 Å². The lowest BCUT2D eigenvalue weighted by molar-refractivity contribution is 0.0979. The number of hydrogen-bond donors (Lipinski definition) is 3. The van der Waals surface area contributed by atoms with Crippen molar-refractivity contribution in [1.82, 2.24) is 15.3 Å². The summed E-state index contributed by atoms with van der Waals surface area (Å²) in [6.45, 7) is 5.26. The molecule has 1 aromatic rings. The Morgan fingerprint density at radius 2 is 2.47 bits per heavy atom. The van der Waals surface area contributed by atoms with Crippen LogP contribution >= 0.6 is 0 Å². The molecule has 2 atom stereocenters. The Labute approximate surface area is 103 Å². The highest BCUT2D eigenvalue weighted by molar-refractivity contribution is 5.09. The third-order valence-electron chi connectivity index (χ3n) is 3.96. The van der Waals surface area contributed by atoms with Gasteiger partial charge in [-0.3, -0.25) is 0 Å². The van der Waals surface area contributed by atoms with Gasteiger partial charge in [-0.05, 0) is 25.7 Å². The zero-order valence-electron chi connectivity index (χ0n) is 10.8. The fourth-order valence-electron chi connectivity index (χ4n) is 2.86. The van der Waals surface area contributed by atoms with Crippen LogP contribution in [0.1, 0.15) is 44.0 Å². The minimum atomic E-state index is -0.0942. The average Bonchev–Trinajstić information content (AvgIpc) is 2.72. The molecule has 1 aliphatic rings. The predicted octanol–water partition coefficient (Wildman–Crippen LogP) is 1.75. The van der Waals surface area contributed by atoms with E-state index in [0.717, 1.165) is 30.8 Å². The number of aromatic amines is 1. The number of rotatable bonds is 4. The number of imidazole rings is 1. The van der Waals surface area contributed by atoms with E-state index >= 15 is 0 Å². The van der Waals surface area contributed by atoms with Crippen LogP contribution in [-0.4, -0.2) is 27.2 Å². The number of H-pyrrole nitrogens is 1. The molecule has 17 heavy (non-hydrogen) atoms. The van der Waals surface area contributed by atoms with Crippen LogP contribution in [-0.2, 0) is 6.54 Å². The van der Waals surface area contributed by atoms with E-state index in [9.17, 15) is 5.11 Å². The second-order valence-electron chi connectivity index (χ2n) is 5.47. The van der Waals surface area contributed by atoms with Crippen LogP contribution in [0.15, 0.2) is 6.33 Å². The van der Waals surface area contributed by atoms with Crippen LogP contribution in [0.25, 0.3) is 0 Å². The third kappa shape index (κ3) is 2.87. The monoisotopic (exact) mass is 237 g/mol. The van der Waals surface area contributed by atoms with Crippen molar-refractivity contribution in [2.45, 2.75) is 51.6 Å². The Morgan fingerprint density at radius 1 is 1.65 bits per heavy atom. The van der Waals surface area contributed by atoms with Crippen LogP contribution in [0.5, 0.6) is 0 Å². The van der Waals surface area contributed by atoms with Gasteiger partial charge in [-0.15, -0.1) is 0 Å². The molecule has 0 saturated heterocycles. The first-order valence-corrected chi connectivity index (χ1v) is 6.50. The summed E-state index contributed by atoms with van der Waals surface area (Å²) in [4.78, 5) is 7.37. The Kier molecular flexibility index (Phi) is 3.84. The number of aryl methyl sites for hydroxylation is 1. The van der Waals surface area contributed by atoms with Gasteiger partial charge in [0.15, 0.2) is 0 Å². The second-order valence-corrected chi connectivity index (χ2v) is 5.47. The van der Waals surface area contributed by atoms with Gasteiger partial charge in [0.1, 0.15) is 0 Å². The molecule has 0 bridgehead atoms. The summed E-state index contributed by atoms with van der Waals surface area (Å²) in [6, 6.07) is 0. The summed E-state index contributed by atoms with van der Waals surface area (Å²) in [6.07, 6.45) is 6.34.